The highest BCUT2D eigenvalue weighted by Gasteiger charge is 2.17. The third kappa shape index (κ3) is 3.17. The van der Waals surface area contributed by atoms with Gasteiger partial charge in [-0.05, 0) is 47.7 Å². The predicted octanol–water partition coefficient (Wildman–Crippen LogP) is 4.02. The lowest BCUT2D eigenvalue weighted by atomic mass is 10.0. The van der Waals surface area contributed by atoms with Gasteiger partial charge in [-0.1, -0.05) is 26.0 Å². The molecule has 2 rings (SSSR count). The van der Waals surface area contributed by atoms with E-state index in [1.54, 1.807) is 7.11 Å². The normalized spacial score (nSPS) is 12.4. The molecular weight excluding hydrogens is 254 g/mol. The average molecular weight is 275 g/mol. The van der Waals surface area contributed by atoms with Crippen LogP contribution in [-0.4, -0.2) is 13.7 Å². The van der Waals surface area contributed by atoms with Crippen LogP contribution in [-0.2, 0) is 6.42 Å². The fourth-order valence-corrected chi connectivity index (χ4v) is 3.38. The molecule has 1 atom stereocenters. The Labute approximate surface area is 119 Å². The number of ether oxygens (including phenoxy) is 1. The first-order chi connectivity index (χ1) is 9.30. The van der Waals surface area contributed by atoms with E-state index in [0.717, 1.165) is 18.7 Å². The second-order valence-electron chi connectivity index (χ2n) is 4.43. The number of hydrogen-bond acceptors (Lipinski definition) is 3. The molecule has 0 radical (unpaired) electrons. The molecule has 0 spiro atoms. The highest BCUT2D eigenvalue weighted by Crippen LogP contribution is 2.31. The Hall–Kier alpha value is -1.32. The van der Waals surface area contributed by atoms with Crippen molar-refractivity contribution in [1.82, 2.24) is 5.32 Å². The van der Waals surface area contributed by atoms with Crippen molar-refractivity contribution in [3.8, 4) is 5.75 Å². The molecule has 1 N–H and O–H groups in total. The summed E-state index contributed by atoms with van der Waals surface area (Å²) in [6, 6.07) is 10.8. The van der Waals surface area contributed by atoms with Crippen molar-refractivity contribution in [3.63, 3.8) is 0 Å². The van der Waals surface area contributed by atoms with E-state index in [1.165, 1.54) is 16.0 Å². The van der Waals surface area contributed by atoms with Gasteiger partial charge in [-0.25, -0.2) is 0 Å². The van der Waals surface area contributed by atoms with Crippen molar-refractivity contribution in [3.05, 3.63) is 51.7 Å². The molecule has 0 aliphatic rings. The van der Waals surface area contributed by atoms with Crippen molar-refractivity contribution in [1.29, 1.82) is 0 Å². The molecule has 0 amide bonds. The molecule has 0 saturated heterocycles. The standard InChI is InChI=1S/C16H21NOS/c1-4-12-9-10-19-16(12)15(17-5-2)13-7-6-8-14(11-13)18-3/h6-11,15,17H,4-5H2,1-3H3. The summed E-state index contributed by atoms with van der Waals surface area (Å²) >= 11 is 1.83. The Balaban J connectivity index is 2.39. The molecule has 2 aromatic rings. The van der Waals surface area contributed by atoms with Gasteiger partial charge in [0, 0.05) is 4.88 Å². The molecule has 3 heteroatoms. The van der Waals surface area contributed by atoms with E-state index < -0.39 is 0 Å². The van der Waals surface area contributed by atoms with Gasteiger partial charge in [0.1, 0.15) is 5.75 Å². The summed E-state index contributed by atoms with van der Waals surface area (Å²) in [7, 11) is 1.71. The van der Waals surface area contributed by atoms with Gasteiger partial charge in [-0.3, -0.25) is 0 Å². The third-order valence-electron chi connectivity index (χ3n) is 3.26. The number of methoxy groups -OCH3 is 1. The molecule has 0 bridgehead atoms. The molecule has 1 aromatic carbocycles. The molecule has 1 unspecified atom stereocenters. The van der Waals surface area contributed by atoms with Gasteiger partial charge in [0.25, 0.3) is 0 Å². The monoisotopic (exact) mass is 275 g/mol. The van der Waals surface area contributed by atoms with Crippen molar-refractivity contribution in [2.24, 2.45) is 0 Å². The van der Waals surface area contributed by atoms with Gasteiger partial charge < -0.3 is 10.1 Å². The minimum Gasteiger partial charge on any atom is -0.497 e. The van der Waals surface area contributed by atoms with E-state index in [9.17, 15) is 0 Å². The zero-order valence-corrected chi connectivity index (χ0v) is 12.6. The van der Waals surface area contributed by atoms with E-state index >= 15 is 0 Å². The van der Waals surface area contributed by atoms with E-state index in [4.69, 9.17) is 4.74 Å². The van der Waals surface area contributed by atoms with Gasteiger partial charge in [-0.15, -0.1) is 11.3 Å². The quantitative estimate of drug-likeness (QED) is 0.860. The van der Waals surface area contributed by atoms with Gasteiger partial charge in [-0.2, -0.15) is 0 Å². The molecule has 19 heavy (non-hydrogen) atoms. The van der Waals surface area contributed by atoms with E-state index in [0.29, 0.717) is 0 Å². The number of thiophene rings is 1. The minimum absolute atomic E-state index is 0.259. The van der Waals surface area contributed by atoms with Crippen LogP contribution in [0.3, 0.4) is 0 Å². The average Bonchev–Trinajstić information content (AvgIpc) is 2.93. The first kappa shape index (κ1) is 14.1. The van der Waals surface area contributed by atoms with Crippen molar-refractivity contribution in [2.45, 2.75) is 26.3 Å². The summed E-state index contributed by atoms with van der Waals surface area (Å²) in [6.45, 7) is 5.30. The number of benzene rings is 1. The summed E-state index contributed by atoms with van der Waals surface area (Å²) in [5.41, 5.74) is 2.69. The van der Waals surface area contributed by atoms with Crippen LogP contribution in [0.5, 0.6) is 5.75 Å². The smallest absolute Gasteiger partial charge is 0.119 e. The van der Waals surface area contributed by atoms with Crippen LogP contribution in [0.2, 0.25) is 0 Å². The van der Waals surface area contributed by atoms with Crippen LogP contribution < -0.4 is 10.1 Å². The van der Waals surface area contributed by atoms with Crippen LogP contribution in [0.25, 0.3) is 0 Å². The van der Waals surface area contributed by atoms with Crippen LogP contribution >= 0.6 is 11.3 Å². The first-order valence-electron chi connectivity index (χ1n) is 6.73. The van der Waals surface area contributed by atoms with E-state index in [2.05, 4.69) is 48.8 Å². The topological polar surface area (TPSA) is 21.3 Å². The lowest BCUT2D eigenvalue weighted by molar-refractivity contribution is 0.413. The number of hydrogen-bond donors (Lipinski definition) is 1. The highest BCUT2D eigenvalue weighted by molar-refractivity contribution is 7.10. The SMILES string of the molecule is CCNC(c1cccc(OC)c1)c1sccc1CC. The van der Waals surface area contributed by atoms with E-state index in [-0.39, 0.29) is 6.04 Å². The summed E-state index contributed by atoms with van der Waals surface area (Å²) in [6.07, 6.45) is 1.07. The maximum absolute atomic E-state index is 5.33. The van der Waals surface area contributed by atoms with E-state index in [1.807, 2.05) is 17.4 Å². The van der Waals surface area contributed by atoms with Crippen molar-refractivity contribution >= 4 is 11.3 Å². The predicted molar refractivity (Wildman–Crippen MR) is 82.2 cm³/mol. The summed E-state index contributed by atoms with van der Waals surface area (Å²) in [5, 5.41) is 5.76. The molecule has 0 saturated carbocycles. The lowest BCUT2D eigenvalue weighted by Crippen LogP contribution is -2.22. The van der Waals surface area contributed by atoms with Gasteiger partial charge >= 0.3 is 0 Å². The fourth-order valence-electron chi connectivity index (χ4n) is 2.28. The molecule has 102 valence electrons. The largest absolute Gasteiger partial charge is 0.497 e. The van der Waals surface area contributed by atoms with Crippen LogP contribution in [0.1, 0.15) is 35.9 Å². The number of nitrogens with one attached hydrogen (secondary N) is 1. The Morgan fingerprint density at radius 1 is 1.26 bits per heavy atom. The number of aryl methyl sites for hydroxylation is 1. The third-order valence-corrected chi connectivity index (χ3v) is 4.28. The summed E-state index contributed by atoms with van der Waals surface area (Å²) in [5.74, 6) is 0.912. The first-order valence-corrected chi connectivity index (χ1v) is 7.61. The summed E-state index contributed by atoms with van der Waals surface area (Å²) < 4.78 is 5.33. The maximum Gasteiger partial charge on any atom is 0.119 e. The number of rotatable bonds is 6. The second kappa shape index (κ2) is 6.73. The fraction of sp³-hybridized carbons (Fsp3) is 0.375. The van der Waals surface area contributed by atoms with Crippen LogP contribution in [0.15, 0.2) is 35.7 Å². The van der Waals surface area contributed by atoms with Gasteiger partial charge in [0.15, 0.2) is 0 Å². The molecular formula is C16H21NOS. The zero-order valence-electron chi connectivity index (χ0n) is 11.8. The summed E-state index contributed by atoms with van der Waals surface area (Å²) in [4.78, 5) is 1.41. The van der Waals surface area contributed by atoms with Crippen molar-refractivity contribution < 1.29 is 4.74 Å². The molecule has 0 aliphatic heterocycles. The van der Waals surface area contributed by atoms with Crippen LogP contribution in [0, 0.1) is 0 Å². The van der Waals surface area contributed by atoms with Crippen molar-refractivity contribution in [2.75, 3.05) is 13.7 Å². The maximum atomic E-state index is 5.33. The van der Waals surface area contributed by atoms with Gasteiger partial charge in [0.2, 0.25) is 0 Å². The zero-order chi connectivity index (χ0) is 13.7. The molecule has 0 fully saturated rings. The molecule has 1 aromatic heterocycles. The Kier molecular flexibility index (Phi) is 5.00. The Bertz CT molecular complexity index is 521. The second-order valence-corrected chi connectivity index (χ2v) is 5.38. The van der Waals surface area contributed by atoms with Crippen LogP contribution in [0.4, 0.5) is 0 Å². The minimum atomic E-state index is 0.259. The lowest BCUT2D eigenvalue weighted by Gasteiger charge is -2.19. The van der Waals surface area contributed by atoms with Gasteiger partial charge in [0.05, 0.1) is 13.2 Å². The highest BCUT2D eigenvalue weighted by atomic mass is 32.1. The Morgan fingerprint density at radius 3 is 2.79 bits per heavy atom. The Morgan fingerprint density at radius 2 is 2.11 bits per heavy atom. The molecule has 1 heterocycles. The molecule has 0 aliphatic carbocycles. The molecule has 2 nitrogen and oxygen atoms in total.